The van der Waals surface area contributed by atoms with Crippen LogP contribution in [0.15, 0.2) is 30.3 Å². The Bertz CT molecular complexity index is 1040. The highest BCUT2D eigenvalue weighted by Crippen LogP contribution is 2.24. The maximum Gasteiger partial charge on any atom is 0.280 e. The predicted molar refractivity (Wildman–Crippen MR) is 99.1 cm³/mol. The highest BCUT2D eigenvalue weighted by Gasteiger charge is 2.20. The zero-order chi connectivity index (χ0) is 19.7. The van der Waals surface area contributed by atoms with E-state index in [9.17, 15) is 13.6 Å². The van der Waals surface area contributed by atoms with Crippen LogP contribution < -0.4 is 10.1 Å². The fraction of sp³-hybridized carbons (Fsp3) is 0.250. The van der Waals surface area contributed by atoms with E-state index in [2.05, 4.69) is 15.3 Å². The van der Waals surface area contributed by atoms with Gasteiger partial charge in [0.2, 0.25) is 5.88 Å². The maximum atomic E-state index is 13.9. The van der Waals surface area contributed by atoms with Gasteiger partial charge in [-0.1, -0.05) is 0 Å². The van der Waals surface area contributed by atoms with Crippen LogP contribution in [0.2, 0.25) is 0 Å². The molecule has 1 heterocycles. The van der Waals surface area contributed by atoms with E-state index in [1.165, 1.54) is 0 Å². The summed E-state index contributed by atoms with van der Waals surface area (Å²) in [6.45, 7) is 7.49. The van der Waals surface area contributed by atoms with E-state index in [1.807, 2.05) is 26.0 Å². The molecule has 0 bridgehead atoms. The molecule has 0 aliphatic heterocycles. The van der Waals surface area contributed by atoms with Gasteiger partial charge in [-0.15, -0.1) is 0 Å². The van der Waals surface area contributed by atoms with Crippen molar-refractivity contribution in [2.75, 3.05) is 5.32 Å². The van der Waals surface area contributed by atoms with Crippen molar-refractivity contribution in [1.82, 2.24) is 9.97 Å². The molecule has 0 fully saturated rings. The normalized spacial score (nSPS) is 11.1. The molecule has 0 atom stereocenters. The van der Waals surface area contributed by atoms with E-state index in [-0.39, 0.29) is 23.4 Å². The summed E-state index contributed by atoms with van der Waals surface area (Å²) >= 11 is 0. The first-order chi connectivity index (χ1) is 12.7. The second-order valence-corrected chi connectivity index (χ2v) is 6.55. The van der Waals surface area contributed by atoms with Crippen molar-refractivity contribution in [1.29, 1.82) is 0 Å². The Morgan fingerprint density at radius 1 is 1.04 bits per heavy atom. The molecule has 0 aliphatic carbocycles. The molecule has 27 heavy (non-hydrogen) atoms. The SMILES string of the molecule is Cc1cc2nc(OC(C)C)c(C(=O)Nc3ccc(F)cc3F)nc2cc1C. The number of amides is 1. The number of fused-ring (bicyclic) bond motifs is 1. The zero-order valence-electron chi connectivity index (χ0n) is 15.4. The lowest BCUT2D eigenvalue weighted by molar-refractivity contribution is 0.101. The number of ether oxygens (including phenoxy) is 1. The first-order valence-corrected chi connectivity index (χ1v) is 8.46. The Morgan fingerprint density at radius 2 is 1.67 bits per heavy atom. The number of hydrogen-bond acceptors (Lipinski definition) is 4. The Balaban J connectivity index is 2.06. The van der Waals surface area contributed by atoms with Gasteiger partial charge in [0.25, 0.3) is 5.91 Å². The van der Waals surface area contributed by atoms with Crippen molar-refractivity contribution in [3.63, 3.8) is 0 Å². The molecule has 1 aromatic heterocycles. The molecule has 3 rings (SSSR count). The Hall–Kier alpha value is -3.09. The first kappa shape index (κ1) is 18.7. The average Bonchev–Trinajstić information content (AvgIpc) is 2.57. The minimum absolute atomic E-state index is 0.0563. The number of carbonyl (C=O) groups is 1. The number of hydrogen-bond donors (Lipinski definition) is 1. The van der Waals surface area contributed by atoms with Crippen LogP contribution in [0.5, 0.6) is 5.88 Å². The second kappa shape index (κ2) is 7.26. The van der Waals surface area contributed by atoms with Crippen LogP contribution in [0.25, 0.3) is 11.0 Å². The summed E-state index contributed by atoms with van der Waals surface area (Å²) in [6.07, 6.45) is -0.239. The largest absolute Gasteiger partial charge is 0.473 e. The number of aryl methyl sites for hydroxylation is 2. The summed E-state index contributed by atoms with van der Waals surface area (Å²) in [5.74, 6) is -2.25. The van der Waals surface area contributed by atoms with Crippen LogP contribution in [0.3, 0.4) is 0 Å². The third kappa shape index (κ3) is 4.02. The minimum Gasteiger partial charge on any atom is -0.473 e. The monoisotopic (exact) mass is 371 g/mol. The van der Waals surface area contributed by atoms with Gasteiger partial charge in [-0.3, -0.25) is 4.79 Å². The molecule has 0 spiro atoms. The predicted octanol–water partition coefficient (Wildman–Crippen LogP) is 4.56. The third-order valence-corrected chi connectivity index (χ3v) is 3.99. The van der Waals surface area contributed by atoms with Crippen molar-refractivity contribution < 1.29 is 18.3 Å². The summed E-state index contributed by atoms with van der Waals surface area (Å²) in [5.41, 5.74) is 2.95. The molecule has 0 aliphatic rings. The Morgan fingerprint density at radius 3 is 2.26 bits per heavy atom. The minimum atomic E-state index is -0.880. The molecule has 0 saturated heterocycles. The van der Waals surface area contributed by atoms with Gasteiger partial charge >= 0.3 is 0 Å². The second-order valence-electron chi connectivity index (χ2n) is 6.55. The van der Waals surface area contributed by atoms with E-state index in [0.717, 1.165) is 23.3 Å². The van der Waals surface area contributed by atoms with Gasteiger partial charge in [-0.25, -0.2) is 18.7 Å². The molecule has 1 N–H and O–H groups in total. The quantitative estimate of drug-likeness (QED) is 0.730. The number of halogens is 2. The molecule has 1 amide bonds. The zero-order valence-corrected chi connectivity index (χ0v) is 15.4. The van der Waals surface area contributed by atoms with Crippen molar-refractivity contribution in [2.45, 2.75) is 33.8 Å². The first-order valence-electron chi connectivity index (χ1n) is 8.46. The number of aromatic nitrogens is 2. The molecule has 0 unspecified atom stereocenters. The maximum absolute atomic E-state index is 13.9. The van der Waals surface area contributed by atoms with E-state index >= 15 is 0 Å². The van der Waals surface area contributed by atoms with E-state index in [0.29, 0.717) is 17.1 Å². The molecule has 5 nitrogen and oxygen atoms in total. The van der Waals surface area contributed by atoms with Crippen LogP contribution in [-0.2, 0) is 0 Å². The molecule has 0 radical (unpaired) electrons. The number of nitrogens with one attached hydrogen (secondary N) is 1. The van der Waals surface area contributed by atoms with Crippen LogP contribution in [0, 0.1) is 25.5 Å². The van der Waals surface area contributed by atoms with Gasteiger partial charge in [-0.05, 0) is 63.1 Å². The highest BCUT2D eigenvalue weighted by atomic mass is 19.1. The molecule has 7 heteroatoms. The van der Waals surface area contributed by atoms with Gasteiger partial charge in [-0.2, -0.15) is 0 Å². The Labute approximate surface area is 155 Å². The fourth-order valence-electron chi connectivity index (χ4n) is 2.52. The molecular formula is C20H19F2N3O2. The summed E-state index contributed by atoms with van der Waals surface area (Å²) in [4.78, 5) is 21.5. The lowest BCUT2D eigenvalue weighted by atomic mass is 10.1. The molecular weight excluding hydrogens is 352 g/mol. The lowest BCUT2D eigenvalue weighted by Crippen LogP contribution is -2.19. The fourth-order valence-corrected chi connectivity index (χ4v) is 2.52. The smallest absolute Gasteiger partial charge is 0.280 e. The van der Waals surface area contributed by atoms with Crippen LogP contribution in [0.4, 0.5) is 14.5 Å². The summed E-state index contributed by atoms with van der Waals surface area (Å²) in [7, 11) is 0. The molecule has 140 valence electrons. The van der Waals surface area contributed by atoms with Crippen molar-refractivity contribution in [3.05, 3.63) is 58.8 Å². The van der Waals surface area contributed by atoms with Gasteiger partial charge in [0.05, 0.1) is 22.8 Å². The summed E-state index contributed by atoms with van der Waals surface area (Å²) < 4.78 is 32.6. The van der Waals surface area contributed by atoms with Gasteiger partial charge in [0, 0.05) is 6.07 Å². The number of rotatable bonds is 4. The van der Waals surface area contributed by atoms with Crippen molar-refractivity contribution in [2.24, 2.45) is 0 Å². The average molecular weight is 371 g/mol. The summed E-state index contributed by atoms with van der Waals surface area (Å²) in [6, 6.07) is 6.59. The third-order valence-electron chi connectivity index (χ3n) is 3.99. The molecule has 0 saturated carbocycles. The summed E-state index contributed by atoms with van der Waals surface area (Å²) in [5, 5.41) is 2.39. The van der Waals surface area contributed by atoms with E-state index < -0.39 is 17.5 Å². The van der Waals surface area contributed by atoms with Crippen LogP contribution in [-0.4, -0.2) is 22.0 Å². The molecule has 3 aromatic rings. The van der Waals surface area contributed by atoms with Crippen molar-refractivity contribution >= 4 is 22.6 Å². The Kier molecular flexibility index (Phi) is 5.03. The van der Waals surface area contributed by atoms with Crippen molar-refractivity contribution in [3.8, 4) is 5.88 Å². The number of nitrogens with zero attached hydrogens (tertiary/aromatic N) is 2. The molecule has 2 aromatic carbocycles. The van der Waals surface area contributed by atoms with Crippen LogP contribution in [0.1, 0.15) is 35.5 Å². The van der Waals surface area contributed by atoms with Crippen LogP contribution >= 0.6 is 0 Å². The number of carbonyl (C=O) groups excluding carboxylic acids is 1. The lowest BCUT2D eigenvalue weighted by Gasteiger charge is -2.14. The van der Waals surface area contributed by atoms with Gasteiger partial charge < -0.3 is 10.1 Å². The topological polar surface area (TPSA) is 64.1 Å². The standard InChI is InChI=1S/C20H19F2N3O2/c1-10(2)27-20-18(19(26)24-15-6-5-13(21)9-14(15)22)23-16-7-11(3)12(4)8-17(16)25-20/h5-10H,1-4H3,(H,24,26). The number of benzene rings is 2. The van der Waals surface area contributed by atoms with E-state index in [4.69, 9.17) is 4.74 Å². The highest BCUT2D eigenvalue weighted by molar-refractivity contribution is 6.05. The van der Waals surface area contributed by atoms with Gasteiger partial charge in [0.1, 0.15) is 11.6 Å². The van der Waals surface area contributed by atoms with E-state index in [1.54, 1.807) is 13.8 Å². The number of anilines is 1. The van der Waals surface area contributed by atoms with Gasteiger partial charge in [0.15, 0.2) is 5.69 Å².